The average Bonchev–Trinajstić information content (AvgIpc) is 3.31. The molecule has 7 heteroatoms. The molecule has 3 rings (SSSR count). The van der Waals surface area contributed by atoms with Crippen LogP contribution in [0.15, 0.2) is 28.1 Å². The summed E-state index contributed by atoms with van der Waals surface area (Å²) in [5, 5.41) is 8.88. The van der Waals surface area contributed by atoms with E-state index in [0.717, 1.165) is 23.6 Å². The van der Waals surface area contributed by atoms with Crippen LogP contribution < -0.4 is 5.32 Å². The topological polar surface area (TPSA) is 67.6 Å². The number of hydrogen-bond acceptors (Lipinski definition) is 6. The van der Waals surface area contributed by atoms with Gasteiger partial charge in [0.2, 0.25) is 5.91 Å². The molecule has 1 N–H and O–H groups in total. The summed E-state index contributed by atoms with van der Waals surface area (Å²) in [6, 6.07) is 6.47. The van der Waals surface area contributed by atoms with Crippen molar-refractivity contribution in [2.45, 2.75) is 45.3 Å². The number of aromatic nitrogens is 1. The number of nitrogens with zero attached hydrogens (tertiary/aromatic N) is 2. The van der Waals surface area contributed by atoms with Gasteiger partial charge >= 0.3 is 0 Å². The van der Waals surface area contributed by atoms with Crippen LogP contribution in [-0.4, -0.2) is 48.2 Å². The molecule has 3 heterocycles. The molecule has 1 fully saturated rings. The van der Waals surface area contributed by atoms with Crippen LogP contribution in [-0.2, 0) is 16.1 Å². The second-order valence-electron chi connectivity index (χ2n) is 6.74. The fourth-order valence-corrected chi connectivity index (χ4v) is 3.89. The molecule has 0 aliphatic carbocycles. The molecule has 0 aromatic carbocycles. The van der Waals surface area contributed by atoms with E-state index in [-0.39, 0.29) is 19.1 Å². The number of nitrogens with one attached hydrogen (secondary N) is 1. The van der Waals surface area contributed by atoms with Crippen LogP contribution in [0.1, 0.15) is 38.3 Å². The monoisotopic (exact) mass is 377 g/mol. The third-order valence-corrected chi connectivity index (χ3v) is 5.58. The van der Waals surface area contributed by atoms with E-state index >= 15 is 0 Å². The van der Waals surface area contributed by atoms with Crippen molar-refractivity contribution in [2.75, 3.05) is 26.2 Å². The van der Waals surface area contributed by atoms with Gasteiger partial charge in [-0.25, -0.2) is 0 Å². The van der Waals surface area contributed by atoms with Crippen molar-refractivity contribution in [3.8, 4) is 10.6 Å². The first-order valence-corrected chi connectivity index (χ1v) is 10.2. The lowest BCUT2D eigenvalue weighted by molar-refractivity contribution is -0.126. The third-order valence-electron chi connectivity index (χ3n) is 4.69. The lowest BCUT2D eigenvalue weighted by atomic mass is 10.0. The first kappa shape index (κ1) is 19.1. The van der Waals surface area contributed by atoms with Crippen molar-refractivity contribution in [3.05, 3.63) is 29.3 Å². The molecular weight excluding hydrogens is 350 g/mol. The predicted molar refractivity (Wildman–Crippen MR) is 102 cm³/mol. The molecule has 1 aliphatic heterocycles. The van der Waals surface area contributed by atoms with E-state index in [1.165, 1.54) is 25.8 Å². The highest BCUT2D eigenvalue weighted by Crippen LogP contribution is 2.25. The Morgan fingerprint density at radius 1 is 1.50 bits per heavy atom. The molecule has 1 aliphatic rings. The molecule has 6 nitrogen and oxygen atoms in total. The van der Waals surface area contributed by atoms with E-state index in [4.69, 9.17) is 9.26 Å². The molecule has 0 unspecified atom stereocenters. The maximum absolute atomic E-state index is 11.8. The molecule has 2 aromatic rings. The van der Waals surface area contributed by atoms with Crippen LogP contribution in [0.5, 0.6) is 0 Å². The van der Waals surface area contributed by atoms with Gasteiger partial charge in [0.25, 0.3) is 0 Å². The predicted octanol–water partition coefficient (Wildman–Crippen LogP) is 3.30. The van der Waals surface area contributed by atoms with Gasteiger partial charge in [0.1, 0.15) is 12.3 Å². The fourth-order valence-electron chi connectivity index (χ4n) is 3.21. The fraction of sp³-hybridized carbons (Fsp3) is 0.579. The van der Waals surface area contributed by atoms with Gasteiger partial charge in [0, 0.05) is 25.2 Å². The maximum Gasteiger partial charge on any atom is 0.246 e. The van der Waals surface area contributed by atoms with E-state index in [1.54, 1.807) is 11.3 Å². The van der Waals surface area contributed by atoms with Crippen molar-refractivity contribution >= 4 is 17.2 Å². The number of ether oxygens (including phenoxy) is 1. The molecular formula is C19H27N3O3S. The van der Waals surface area contributed by atoms with E-state index < -0.39 is 0 Å². The Morgan fingerprint density at radius 3 is 3.23 bits per heavy atom. The van der Waals surface area contributed by atoms with Gasteiger partial charge in [-0.05, 0) is 44.2 Å². The van der Waals surface area contributed by atoms with E-state index in [1.807, 2.05) is 23.6 Å². The second kappa shape index (κ2) is 9.85. The van der Waals surface area contributed by atoms with Gasteiger partial charge in [0.15, 0.2) is 5.76 Å². The third kappa shape index (κ3) is 5.65. The van der Waals surface area contributed by atoms with Crippen molar-refractivity contribution < 1.29 is 14.1 Å². The quantitative estimate of drug-likeness (QED) is 0.679. The number of carbonyl (C=O) groups is 1. The lowest BCUT2D eigenvalue weighted by Gasteiger charge is -2.33. The Bertz CT molecular complexity index is 671. The van der Waals surface area contributed by atoms with Gasteiger partial charge in [-0.1, -0.05) is 17.6 Å². The SMILES string of the molecule is C[C@H]1CCCCN1CCCNC(=O)COCc1cc(-c2cccs2)on1. The maximum atomic E-state index is 11.8. The minimum Gasteiger partial charge on any atom is -0.365 e. The smallest absolute Gasteiger partial charge is 0.246 e. The summed E-state index contributed by atoms with van der Waals surface area (Å²) < 4.78 is 10.7. The number of piperidine rings is 1. The minimum atomic E-state index is -0.0846. The highest BCUT2D eigenvalue weighted by atomic mass is 32.1. The normalized spacial score (nSPS) is 18.1. The van der Waals surface area contributed by atoms with Crippen LogP contribution in [0.3, 0.4) is 0 Å². The summed E-state index contributed by atoms with van der Waals surface area (Å²) >= 11 is 1.60. The minimum absolute atomic E-state index is 0.0430. The molecule has 0 spiro atoms. The molecule has 142 valence electrons. The number of amides is 1. The van der Waals surface area contributed by atoms with E-state index in [9.17, 15) is 4.79 Å². The van der Waals surface area contributed by atoms with Crippen LogP contribution >= 0.6 is 11.3 Å². The molecule has 1 saturated heterocycles. The summed E-state index contributed by atoms with van der Waals surface area (Å²) in [6.07, 6.45) is 4.90. The highest BCUT2D eigenvalue weighted by Gasteiger charge is 2.17. The lowest BCUT2D eigenvalue weighted by Crippen LogP contribution is -2.39. The molecule has 2 aromatic heterocycles. The van der Waals surface area contributed by atoms with Crippen molar-refractivity contribution in [1.29, 1.82) is 0 Å². The zero-order valence-corrected chi connectivity index (χ0v) is 16.1. The van der Waals surface area contributed by atoms with Crippen LogP contribution in [0, 0.1) is 0 Å². The van der Waals surface area contributed by atoms with Gasteiger partial charge < -0.3 is 19.5 Å². The number of rotatable bonds is 9. The largest absolute Gasteiger partial charge is 0.365 e. The Morgan fingerprint density at radius 2 is 2.42 bits per heavy atom. The van der Waals surface area contributed by atoms with Gasteiger partial charge in [0.05, 0.1) is 11.5 Å². The van der Waals surface area contributed by atoms with Gasteiger partial charge in [-0.2, -0.15) is 0 Å². The van der Waals surface area contributed by atoms with E-state index in [2.05, 4.69) is 22.3 Å². The van der Waals surface area contributed by atoms with E-state index in [0.29, 0.717) is 18.3 Å². The Labute approximate surface area is 158 Å². The van der Waals surface area contributed by atoms with Crippen LogP contribution in [0.2, 0.25) is 0 Å². The second-order valence-corrected chi connectivity index (χ2v) is 7.68. The van der Waals surface area contributed by atoms with Crippen molar-refractivity contribution in [2.24, 2.45) is 0 Å². The zero-order chi connectivity index (χ0) is 18.2. The Balaban J connectivity index is 1.27. The zero-order valence-electron chi connectivity index (χ0n) is 15.3. The first-order chi connectivity index (χ1) is 12.7. The molecule has 0 bridgehead atoms. The van der Waals surface area contributed by atoms with Gasteiger partial charge in [-0.15, -0.1) is 11.3 Å². The number of carbonyl (C=O) groups excluding carboxylic acids is 1. The van der Waals surface area contributed by atoms with Crippen molar-refractivity contribution in [3.63, 3.8) is 0 Å². The van der Waals surface area contributed by atoms with Crippen LogP contribution in [0.25, 0.3) is 10.6 Å². The highest BCUT2D eigenvalue weighted by molar-refractivity contribution is 7.13. The standard InChI is InChI=1S/C19H27N3O3S/c1-15-6-2-3-9-22(15)10-5-8-20-19(23)14-24-13-16-12-17(25-21-16)18-7-4-11-26-18/h4,7,11-12,15H,2-3,5-6,8-10,13-14H2,1H3,(H,20,23)/t15-/m0/s1. The summed E-state index contributed by atoms with van der Waals surface area (Å²) in [6.45, 7) is 5.53. The summed E-state index contributed by atoms with van der Waals surface area (Å²) in [7, 11) is 0. The first-order valence-electron chi connectivity index (χ1n) is 9.30. The summed E-state index contributed by atoms with van der Waals surface area (Å²) in [5.41, 5.74) is 0.695. The molecule has 0 radical (unpaired) electrons. The summed E-state index contributed by atoms with van der Waals surface area (Å²) in [4.78, 5) is 15.4. The van der Waals surface area contributed by atoms with Crippen LogP contribution in [0.4, 0.5) is 0 Å². The molecule has 1 amide bonds. The molecule has 26 heavy (non-hydrogen) atoms. The summed E-state index contributed by atoms with van der Waals surface area (Å²) in [5.74, 6) is 0.647. The Hall–Kier alpha value is -1.70. The van der Waals surface area contributed by atoms with Gasteiger partial charge in [-0.3, -0.25) is 4.79 Å². The average molecular weight is 378 g/mol. The number of likely N-dealkylation sites (tertiary alicyclic amines) is 1. The van der Waals surface area contributed by atoms with Crippen molar-refractivity contribution in [1.82, 2.24) is 15.4 Å². The number of thiophene rings is 1. The Kier molecular flexibility index (Phi) is 7.22. The molecule has 1 atom stereocenters. The molecule has 0 saturated carbocycles. The number of hydrogen-bond donors (Lipinski definition) is 1.